The molecule has 9 nitrogen and oxygen atoms in total. The van der Waals surface area contributed by atoms with Crippen molar-refractivity contribution in [2.75, 3.05) is 26.4 Å². The third-order valence-electron chi connectivity index (χ3n) is 8.27. The fourth-order valence-electron chi connectivity index (χ4n) is 5.17. The second-order valence-corrected chi connectivity index (χ2v) is 14.9. The van der Waals surface area contributed by atoms with Crippen molar-refractivity contribution in [1.82, 2.24) is 0 Å². The molecular formula is C45H76NO8P. The van der Waals surface area contributed by atoms with E-state index in [1.807, 2.05) is 6.08 Å². The number of hydrogen-bond acceptors (Lipinski definition) is 8. The van der Waals surface area contributed by atoms with E-state index >= 15 is 0 Å². The van der Waals surface area contributed by atoms with E-state index in [-0.39, 0.29) is 32.6 Å². The number of nitrogens with two attached hydrogens (primary N) is 1. The first kappa shape index (κ1) is 52.2. The lowest BCUT2D eigenvalue weighted by atomic mass is 10.1. The average Bonchev–Trinajstić information content (AvgIpc) is 3.17. The smallest absolute Gasteiger partial charge is 0.462 e. The maximum atomic E-state index is 12.5. The lowest BCUT2D eigenvalue weighted by molar-refractivity contribution is -0.161. The maximum absolute atomic E-state index is 12.5. The maximum Gasteiger partial charge on any atom is 0.472 e. The van der Waals surface area contributed by atoms with Gasteiger partial charge in [-0.3, -0.25) is 18.6 Å². The molecule has 0 bridgehead atoms. The lowest BCUT2D eigenvalue weighted by Gasteiger charge is -2.19. The monoisotopic (exact) mass is 790 g/mol. The highest BCUT2D eigenvalue weighted by atomic mass is 31.2. The summed E-state index contributed by atoms with van der Waals surface area (Å²) in [5.41, 5.74) is 5.34. The Balaban J connectivity index is 4.30. The van der Waals surface area contributed by atoms with E-state index < -0.39 is 32.5 Å². The fraction of sp³-hybridized carbons (Fsp3) is 0.644. The Morgan fingerprint density at radius 2 is 1.02 bits per heavy atom. The van der Waals surface area contributed by atoms with E-state index in [1.54, 1.807) is 0 Å². The number of allylic oxidation sites excluding steroid dienone is 14. The van der Waals surface area contributed by atoms with Gasteiger partial charge in [0.05, 0.1) is 13.2 Å². The Kier molecular flexibility index (Phi) is 38.8. The topological polar surface area (TPSA) is 134 Å². The standard InChI is InChI=1S/C45H76NO8P/c1-3-5-7-9-11-13-15-17-19-21-23-25-27-29-31-33-35-37-44(47)51-41-43(42-53-55(49,50)52-40-39-46)54-45(48)38-36-34-32-30-28-26-24-22-20-18-16-14-12-10-8-6-4-2/h6,8,11-14,17-20,24,26,30,32,43H,3-5,7,9-10,15-16,21-23,25,27-29,31,33-42,46H2,1-2H3,(H,49,50)/b8-6-,13-11-,14-12-,19-17-,20-18-,26-24-,32-30-. The van der Waals surface area contributed by atoms with E-state index in [0.29, 0.717) is 19.3 Å². The molecule has 0 amide bonds. The molecule has 0 aromatic carbocycles. The van der Waals surface area contributed by atoms with E-state index in [4.69, 9.17) is 24.3 Å². The molecule has 0 aromatic rings. The second-order valence-electron chi connectivity index (χ2n) is 13.5. The van der Waals surface area contributed by atoms with Gasteiger partial charge >= 0.3 is 19.8 Å². The molecule has 0 aliphatic heterocycles. The van der Waals surface area contributed by atoms with Gasteiger partial charge in [0.15, 0.2) is 6.10 Å². The molecule has 0 fully saturated rings. The Hall–Kier alpha value is -2.81. The molecule has 2 unspecified atom stereocenters. The minimum absolute atomic E-state index is 0.0387. The summed E-state index contributed by atoms with van der Waals surface area (Å²) in [6.07, 6.45) is 50.4. The van der Waals surface area contributed by atoms with Crippen molar-refractivity contribution in [3.63, 3.8) is 0 Å². The van der Waals surface area contributed by atoms with Crippen molar-refractivity contribution in [2.24, 2.45) is 5.73 Å². The van der Waals surface area contributed by atoms with Crippen molar-refractivity contribution >= 4 is 19.8 Å². The summed E-state index contributed by atoms with van der Waals surface area (Å²) >= 11 is 0. The predicted octanol–water partition coefficient (Wildman–Crippen LogP) is 12.0. The number of hydrogen-bond donors (Lipinski definition) is 2. The van der Waals surface area contributed by atoms with Crippen LogP contribution in [0, 0.1) is 0 Å². The molecule has 0 aliphatic carbocycles. The van der Waals surface area contributed by atoms with Crippen LogP contribution in [0.25, 0.3) is 0 Å². The molecule has 0 rings (SSSR count). The van der Waals surface area contributed by atoms with Gasteiger partial charge in [0.2, 0.25) is 0 Å². The number of phosphoric acid groups is 1. The SMILES string of the molecule is CC/C=C\C/C=C\C/C=C\C/C=C\C/C=C\CCCC(=O)OC(COC(=O)CCCCCCCCC/C=C\C/C=C\CCCCC)COP(=O)(O)OCCN. The quantitative estimate of drug-likeness (QED) is 0.0271. The van der Waals surface area contributed by atoms with Crippen molar-refractivity contribution in [1.29, 1.82) is 0 Å². The van der Waals surface area contributed by atoms with E-state index in [9.17, 15) is 19.0 Å². The highest BCUT2D eigenvalue weighted by Crippen LogP contribution is 2.43. The molecule has 0 aromatic heterocycles. The van der Waals surface area contributed by atoms with Gasteiger partial charge in [-0.05, 0) is 83.5 Å². The second kappa shape index (κ2) is 40.8. The van der Waals surface area contributed by atoms with Crippen molar-refractivity contribution in [3.05, 3.63) is 85.1 Å². The summed E-state index contributed by atoms with van der Waals surface area (Å²) in [7, 11) is -4.40. The van der Waals surface area contributed by atoms with E-state index in [1.165, 1.54) is 44.9 Å². The van der Waals surface area contributed by atoms with Crippen LogP contribution in [0.1, 0.15) is 155 Å². The van der Waals surface area contributed by atoms with Crippen LogP contribution in [-0.2, 0) is 32.7 Å². The van der Waals surface area contributed by atoms with Crippen LogP contribution in [-0.4, -0.2) is 49.3 Å². The Morgan fingerprint density at radius 1 is 0.564 bits per heavy atom. The van der Waals surface area contributed by atoms with Crippen molar-refractivity contribution in [3.8, 4) is 0 Å². The van der Waals surface area contributed by atoms with Gasteiger partial charge in [-0.15, -0.1) is 0 Å². The number of carbonyl (C=O) groups is 2. The molecule has 314 valence electrons. The molecule has 0 saturated carbocycles. The molecule has 3 N–H and O–H groups in total. The van der Waals surface area contributed by atoms with Crippen molar-refractivity contribution in [2.45, 2.75) is 161 Å². The Morgan fingerprint density at radius 3 is 1.55 bits per heavy atom. The van der Waals surface area contributed by atoms with E-state index in [2.05, 4.69) is 92.8 Å². The van der Waals surface area contributed by atoms with Crippen LogP contribution >= 0.6 is 7.82 Å². The summed E-state index contributed by atoms with van der Waals surface area (Å²) in [4.78, 5) is 34.8. The molecule has 0 heterocycles. The van der Waals surface area contributed by atoms with Crippen LogP contribution < -0.4 is 5.73 Å². The highest BCUT2D eigenvalue weighted by molar-refractivity contribution is 7.47. The first-order chi connectivity index (χ1) is 26.8. The number of phosphoric ester groups is 1. The van der Waals surface area contributed by atoms with Gasteiger partial charge in [0, 0.05) is 19.4 Å². The molecule has 55 heavy (non-hydrogen) atoms. The first-order valence-electron chi connectivity index (χ1n) is 21.1. The van der Waals surface area contributed by atoms with Crippen LogP contribution in [0.2, 0.25) is 0 Å². The third kappa shape index (κ3) is 40.7. The van der Waals surface area contributed by atoms with Gasteiger partial charge in [-0.2, -0.15) is 0 Å². The minimum Gasteiger partial charge on any atom is -0.462 e. The molecule has 0 radical (unpaired) electrons. The summed E-state index contributed by atoms with van der Waals surface area (Å²) in [5.74, 6) is -0.914. The number of unbranched alkanes of at least 4 members (excludes halogenated alkanes) is 11. The lowest BCUT2D eigenvalue weighted by Crippen LogP contribution is -2.29. The zero-order valence-electron chi connectivity index (χ0n) is 34.4. The number of esters is 2. The first-order valence-corrected chi connectivity index (χ1v) is 22.6. The van der Waals surface area contributed by atoms with Gasteiger partial charge in [-0.25, -0.2) is 4.57 Å². The van der Waals surface area contributed by atoms with E-state index in [0.717, 1.165) is 64.2 Å². The molecule has 2 atom stereocenters. The average molecular weight is 790 g/mol. The summed E-state index contributed by atoms with van der Waals surface area (Å²) in [6, 6.07) is 0. The summed E-state index contributed by atoms with van der Waals surface area (Å²) in [5, 5.41) is 0. The van der Waals surface area contributed by atoms with Crippen molar-refractivity contribution < 1.29 is 37.6 Å². The van der Waals surface area contributed by atoms with Gasteiger partial charge in [0.25, 0.3) is 0 Å². The molecule has 10 heteroatoms. The Bertz CT molecular complexity index is 1170. The van der Waals surface area contributed by atoms with Crippen LogP contribution in [0.4, 0.5) is 0 Å². The zero-order chi connectivity index (χ0) is 40.3. The van der Waals surface area contributed by atoms with Gasteiger partial charge in [-0.1, -0.05) is 144 Å². The van der Waals surface area contributed by atoms with Gasteiger partial charge in [0.1, 0.15) is 6.61 Å². The number of rotatable bonds is 38. The largest absolute Gasteiger partial charge is 0.472 e. The molecular weight excluding hydrogens is 713 g/mol. The highest BCUT2D eigenvalue weighted by Gasteiger charge is 2.25. The minimum atomic E-state index is -4.40. The fourth-order valence-corrected chi connectivity index (χ4v) is 5.93. The molecule has 0 spiro atoms. The normalized spacial score (nSPS) is 14.2. The number of ether oxygens (including phenoxy) is 2. The van der Waals surface area contributed by atoms with Crippen LogP contribution in [0.3, 0.4) is 0 Å². The third-order valence-corrected chi connectivity index (χ3v) is 9.25. The van der Waals surface area contributed by atoms with Crippen LogP contribution in [0.5, 0.6) is 0 Å². The summed E-state index contributed by atoms with van der Waals surface area (Å²) < 4.78 is 32.7. The van der Waals surface area contributed by atoms with Crippen LogP contribution in [0.15, 0.2) is 85.1 Å². The predicted molar refractivity (Wildman–Crippen MR) is 229 cm³/mol. The molecule has 0 aliphatic rings. The number of carbonyl (C=O) groups excluding carboxylic acids is 2. The van der Waals surface area contributed by atoms with Gasteiger partial charge < -0.3 is 20.1 Å². The summed E-state index contributed by atoms with van der Waals surface area (Å²) in [6.45, 7) is 3.49. The Labute approximate surface area is 334 Å². The molecule has 0 saturated heterocycles. The zero-order valence-corrected chi connectivity index (χ0v) is 35.3.